The van der Waals surface area contributed by atoms with E-state index < -0.39 is 0 Å². The number of aromatic hydroxyl groups is 1. The monoisotopic (exact) mass is 269 g/mol. The fraction of sp³-hybridized carbons (Fsp3) is 0.294. The highest BCUT2D eigenvalue weighted by molar-refractivity contribution is 5.37. The first-order valence-corrected chi connectivity index (χ1v) is 6.89. The second-order valence-electron chi connectivity index (χ2n) is 5.62. The van der Waals surface area contributed by atoms with Crippen molar-refractivity contribution in [1.29, 1.82) is 0 Å². The normalized spacial score (nSPS) is 21.1. The summed E-state index contributed by atoms with van der Waals surface area (Å²) in [5.41, 5.74) is 8.25. The predicted octanol–water partition coefficient (Wildman–Crippen LogP) is 2.51. The van der Waals surface area contributed by atoms with Crippen LogP contribution in [0, 0.1) is 5.41 Å². The Bertz CT molecular complexity index is 611. The molecule has 104 valence electrons. The van der Waals surface area contributed by atoms with E-state index >= 15 is 0 Å². The molecule has 0 fully saturated rings. The second-order valence-corrected chi connectivity index (χ2v) is 5.62. The van der Waals surface area contributed by atoms with Gasteiger partial charge in [-0.2, -0.15) is 0 Å². The Labute approximate surface area is 119 Å². The fourth-order valence-corrected chi connectivity index (χ4v) is 2.89. The third-order valence-corrected chi connectivity index (χ3v) is 3.99. The Morgan fingerprint density at radius 1 is 1.15 bits per heavy atom. The van der Waals surface area contributed by atoms with E-state index in [1.165, 1.54) is 5.56 Å². The average molecular weight is 269 g/mol. The van der Waals surface area contributed by atoms with Crippen molar-refractivity contribution in [3.05, 3.63) is 59.7 Å². The Kier molecular flexibility index (Phi) is 3.36. The molecule has 1 heterocycles. The fourth-order valence-electron chi connectivity index (χ4n) is 2.89. The number of rotatable bonds is 3. The highest BCUT2D eigenvalue weighted by atomic mass is 16.5. The van der Waals surface area contributed by atoms with Gasteiger partial charge in [0.25, 0.3) is 0 Å². The lowest BCUT2D eigenvalue weighted by Crippen LogP contribution is -2.43. The summed E-state index contributed by atoms with van der Waals surface area (Å²) in [5.74, 6) is 1.26. The zero-order chi connectivity index (χ0) is 14.0. The molecule has 0 radical (unpaired) electrons. The lowest BCUT2D eigenvalue weighted by atomic mass is 9.75. The molecule has 20 heavy (non-hydrogen) atoms. The summed E-state index contributed by atoms with van der Waals surface area (Å²) in [6, 6.07) is 15.5. The summed E-state index contributed by atoms with van der Waals surface area (Å²) in [6.45, 7) is 1.19. The van der Waals surface area contributed by atoms with E-state index in [1.807, 2.05) is 30.3 Å². The van der Waals surface area contributed by atoms with E-state index in [4.69, 9.17) is 10.5 Å². The first-order valence-electron chi connectivity index (χ1n) is 6.89. The molecule has 0 saturated heterocycles. The van der Waals surface area contributed by atoms with Crippen molar-refractivity contribution in [2.24, 2.45) is 11.1 Å². The molecule has 3 rings (SSSR count). The van der Waals surface area contributed by atoms with Crippen LogP contribution in [0.5, 0.6) is 11.5 Å². The first kappa shape index (κ1) is 13.0. The van der Waals surface area contributed by atoms with Crippen LogP contribution in [0.1, 0.15) is 11.1 Å². The predicted molar refractivity (Wildman–Crippen MR) is 78.9 cm³/mol. The van der Waals surface area contributed by atoms with Gasteiger partial charge < -0.3 is 15.6 Å². The van der Waals surface area contributed by atoms with Gasteiger partial charge in [-0.1, -0.05) is 30.3 Å². The zero-order valence-corrected chi connectivity index (χ0v) is 11.4. The number of ether oxygens (including phenoxy) is 1. The SMILES string of the molecule is NCC1(Cc2cccc(O)c2)COc2ccccc2C1. The highest BCUT2D eigenvalue weighted by Crippen LogP contribution is 2.36. The number of benzene rings is 2. The molecule has 3 nitrogen and oxygen atoms in total. The molecule has 2 aromatic rings. The molecule has 3 heteroatoms. The van der Waals surface area contributed by atoms with Crippen LogP contribution in [-0.2, 0) is 12.8 Å². The minimum Gasteiger partial charge on any atom is -0.508 e. The van der Waals surface area contributed by atoms with Gasteiger partial charge in [-0.15, -0.1) is 0 Å². The zero-order valence-electron chi connectivity index (χ0n) is 11.4. The summed E-state index contributed by atoms with van der Waals surface area (Å²) in [4.78, 5) is 0. The molecule has 0 bridgehead atoms. The Balaban J connectivity index is 1.86. The van der Waals surface area contributed by atoms with E-state index in [1.54, 1.807) is 12.1 Å². The van der Waals surface area contributed by atoms with Crippen molar-refractivity contribution in [2.45, 2.75) is 12.8 Å². The molecule has 0 spiro atoms. The molecular weight excluding hydrogens is 250 g/mol. The molecular formula is C17H19NO2. The quantitative estimate of drug-likeness (QED) is 0.900. The van der Waals surface area contributed by atoms with E-state index in [0.717, 1.165) is 24.2 Å². The van der Waals surface area contributed by atoms with Crippen LogP contribution >= 0.6 is 0 Å². The molecule has 1 atom stereocenters. The molecule has 1 aliphatic heterocycles. The van der Waals surface area contributed by atoms with Gasteiger partial charge in [0.05, 0.1) is 6.61 Å². The van der Waals surface area contributed by atoms with Gasteiger partial charge >= 0.3 is 0 Å². The average Bonchev–Trinajstić information content (AvgIpc) is 2.47. The van der Waals surface area contributed by atoms with Crippen LogP contribution in [0.2, 0.25) is 0 Å². The van der Waals surface area contributed by atoms with Crippen LogP contribution in [0.15, 0.2) is 48.5 Å². The minimum absolute atomic E-state index is 0.0951. The summed E-state index contributed by atoms with van der Waals surface area (Å²) in [5, 5.41) is 9.59. The van der Waals surface area contributed by atoms with Gasteiger partial charge in [0.1, 0.15) is 11.5 Å². The lowest BCUT2D eigenvalue weighted by Gasteiger charge is -2.37. The molecule has 2 aromatic carbocycles. The first-order chi connectivity index (χ1) is 9.71. The highest BCUT2D eigenvalue weighted by Gasteiger charge is 2.34. The number of fused-ring (bicyclic) bond motifs is 1. The third-order valence-electron chi connectivity index (χ3n) is 3.99. The van der Waals surface area contributed by atoms with Gasteiger partial charge in [0, 0.05) is 12.0 Å². The van der Waals surface area contributed by atoms with Gasteiger partial charge in [0.15, 0.2) is 0 Å². The third kappa shape index (κ3) is 2.49. The standard InChI is InChI=1S/C17H19NO2/c18-11-17(9-13-4-3-6-15(19)8-13)10-14-5-1-2-7-16(14)20-12-17/h1-8,19H,9-12,18H2. The summed E-state index contributed by atoms with van der Waals surface area (Å²) >= 11 is 0. The molecule has 1 unspecified atom stereocenters. The van der Waals surface area contributed by atoms with E-state index in [9.17, 15) is 5.11 Å². The van der Waals surface area contributed by atoms with Gasteiger partial charge in [-0.25, -0.2) is 0 Å². The van der Waals surface area contributed by atoms with E-state index in [2.05, 4.69) is 6.07 Å². The van der Waals surface area contributed by atoms with Gasteiger partial charge in [0.2, 0.25) is 0 Å². The number of phenols is 1. The maximum absolute atomic E-state index is 9.59. The minimum atomic E-state index is -0.0951. The Morgan fingerprint density at radius 2 is 2.00 bits per heavy atom. The summed E-state index contributed by atoms with van der Waals surface area (Å²) in [7, 11) is 0. The number of nitrogens with two attached hydrogens (primary N) is 1. The van der Waals surface area contributed by atoms with Crippen LogP contribution in [0.3, 0.4) is 0 Å². The lowest BCUT2D eigenvalue weighted by molar-refractivity contribution is 0.126. The summed E-state index contributed by atoms with van der Waals surface area (Å²) < 4.78 is 5.89. The van der Waals surface area contributed by atoms with Crippen LogP contribution in [-0.4, -0.2) is 18.3 Å². The largest absolute Gasteiger partial charge is 0.508 e. The topological polar surface area (TPSA) is 55.5 Å². The van der Waals surface area contributed by atoms with Gasteiger partial charge in [-0.05, 0) is 42.2 Å². The summed E-state index contributed by atoms with van der Waals surface area (Å²) in [6.07, 6.45) is 1.72. The Morgan fingerprint density at radius 3 is 2.80 bits per heavy atom. The molecule has 0 amide bonds. The number of hydrogen-bond acceptors (Lipinski definition) is 3. The van der Waals surface area contributed by atoms with Crippen LogP contribution < -0.4 is 10.5 Å². The number of phenolic OH excluding ortho intramolecular Hbond substituents is 1. The second kappa shape index (κ2) is 5.17. The number of hydrogen-bond donors (Lipinski definition) is 2. The van der Waals surface area contributed by atoms with Crippen molar-refractivity contribution >= 4 is 0 Å². The molecule has 1 aliphatic rings. The Hall–Kier alpha value is -2.00. The van der Waals surface area contributed by atoms with Crippen LogP contribution in [0.25, 0.3) is 0 Å². The number of para-hydroxylation sites is 1. The van der Waals surface area contributed by atoms with E-state index in [0.29, 0.717) is 18.9 Å². The van der Waals surface area contributed by atoms with Crippen molar-refractivity contribution in [1.82, 2.24) is 0 Å². The molecule has 0 aliphatic carbocycles. The van der Waals surface area contributed by atoms with Crippen LogP contribution in [0.4, 0.5) is 0 Å². The molecule has 0 aromatic heterocycles. The van der Waals surface area contributed by atoms with Crippen molar-refractivity contribution in [3.8, 4) is 11.5 Å². The van der Waals surface area contributed by atoms with E-state index in [-0.39, 0.29) is 5.41 Å². The molecule has 0 saturated carbocycles. The smallest absolute Gasteiger partial charge is 0.122 e. The van der Waals surface area contributed by atoms with Crippen molar-refractivity contribution in [2.75, 3.05) is 13.2 Å². The maximum atomic E-state index is 9.59. The molecule has 3 N–H and O–H groups in total. The van der Waals surface area contributed by atoms with Crippen molar-refractivity contribution in [3.63, 3.8) is 0 Å². The van der Waals surface area contributed by atoms with Crippen molar-refractivity contribution < 1.29 is 9.84 Å². The maximum Gasteiger partial charge on any atom is 0.122 e. The van der Waals surface area contributed by atoms with Gasteiger partial charge in [-0.3, -0.25) is 0 Å².